The summed E-state index contributed by atoms with van der Waals surface area (Å²) in [5.41, 5.74) is 8.35. The molecule has 2 aromatic carbocycles. The van der Waals surface area contributed by atoms with Crippen molar-refractivity contribution in [1.29, 1.82) is 0 Å². The Balaban J connectivity index is 1.44. The van der Waals surface area contributed by atoms with Gasteiger partial charge < -0.3 is 25.0 Å². The average molecular weight is 506 g/mol. The fraction of sp³-hybridized carbons (Fsp3) is 0.296. The standard InChI is InChI=1S/C27H31N5O3S/c1-3-4-5-25(35-23-12-8-21(9-13-23)27(28)31-33)34-22-10-6-20(7-11-22)26-24(36-19(2)30-26)14-16-32-17-15-29-18-32/h6-13,15,17-18,25,33H,3-5,14,16H2,1-2H3,(H2,28,31). The van der Waals surface area contributed by atoms with Crippen LogP contribution < -0.4 is 15.2 Å². The lowest BCUT2D eigenvalue weighted by Crippen LogP contribution is -2.24. The molecule has 0 radical (unpaired) electrons. The molecule has 2 aromatic heterocycles. The first kappa shape index (κ1) is 25.2. The first-order valence-corrected chi connectivity index (χ1v) is 12.8. The molecule has 188 valence electrons. The number of ether oxygens (including phenoxy) is 2. The highest BCUT2D eigenvalue weighted by Crippen LogP contribution is 2.30. The zero-order valence-electron chi connectivity index (χ0n) is 20.5. The molecule has 3 N–H and O–H groups in total. The number of aryl methyl sites for hydroxylation is 3. The number of nitrogens with two attached hydrogens (primary N) is 1. The Labute approximate surface area is 215 Å². The predicted octanol–water partition coefficient (Wildman–Crippen LogP) is 5.63. The highest BCUT2D eigenvalue weighted by molar-refractivity contribution is 7.12. The Kier molecular flexibility index (Phi) is 8.57. The number of aromatic nitrogens is 3. The van der Waals surface area contributed by atoms with Crippen LogP contribution in [0.4, 0.5) is 0 Å². The first-order valence-electron chi connectivity index (χ1n) is 12.0. The second kappa shape index (κ2) is 12.2. The van der Waals surface area contributed by atoms with Gasteiger partial charge in [0.15, 0.2) is 5.84 Å². The van der Waals surface area contributed by atoms with Crippen molar-refractivity contribution in [2.24, 2.45) is 10.9 Å². The molecule has 0 fully saturated rings. The van der Waals surface area contributed by atoms with Gasteiger partial charge in [0, 0.05) is 47.8 Å². The van der Waals surface area contributed by atoms with E-state index in [1.807, 2.05) is 43.7 Å². The van der Waals surface area contributed by atoms with Gasteiger partial charge in [0.2, 0.25) is 6.29 Å². The van der Waals surface area contributed by atoms with Gasteiger partial charge in [-0.05, 0) is 61.9 Å². The van der Waals surface area contributed by atoms with Crippen LogP contribution in [-0.4, -0.2) is 31.9 Å². The van der Waals surface area contributed by atoms with Crippen molar-refractivity contribution in [3.63, 3.8) is 0 Å². The van der Waals surface area contributed by atoms with E-state index in [1.54, 1.807) is 41.8 Å². The number of imidazole rings is 1. The Bertz CT molecular complexity index is 1250. The molecule has 4 rings (SSSR count). The quantitative estimate of drug-likeness (QED) is 0.0850. The van der Waals surface area contributed by atoms with Gasteiger partial charge in [0.1, 0.15) is 11.5 Å². The Morgan fingerprint density at radius 2 is 1.81 bits per heavy atom. The van der Waals surface area contributed by atoms with E-state index in [0.29, 0.717) is 11.3 Å². The van der Waals surface area contributed by atoms with Crippen LogP contribution >= 0.6 is 11.3 Å². The van der Waals surface area contributed by atoms with Crippen molar-refractivity contribution in [2.45, 2.75) is 52.4 Å². The largest absolute Gasteiger partial charge is 0.455 e. The number of unbranched alkanes of at least 4 members (excludes halogenated alkanes) is 1. The second-order valence-corrected chi connectivity index (χ2v) is 9.68. The number of benzene rings is 2. The molecule has 1 unspecified atom stereocenters. The Morgan fingerprint density at radius 1 is 1.11 bits per heavy atom. The Hall–Kier alpha value is -3.85. The van der Waals surface area contributed by atoms with Crippen molar-refractivity contribution < 1.29 is 14.7 Å². The van der Waals surface area contributed by atoms with E-state index in [4.69, 9.17) is 25.4 Å². The summed E-state index contributed by atoms with van der Waals surface area (Å²) >= 11 is 1.74. The molecule has 4 aromatic rings. The SMILES string of the molecule is CCCCC(Oc1ccc(C(N)=NO)cc1)Oc1ccc(-c2nc(C)sc2CCn2ccnc2)cc1. The summed E-state index contributed by atoms with van der Waals surface area (Å²) in [6.45, 7) is 5.05. The van der Waals surface area contributed by atoms with E-state index in [9.17, 15) is 0 Å². The highest BCUT2D eigenvalue weighted by Gasteiger charge is 2.15. The van der Waals surface area contributed by atoms with E-state index >= 15 is 0 Å². The first-order chi connectivity index (χ1) is 17.6. The molecular formula is C27H31N5O3S. The van der Waals surface area contributed by atoms with Crippen LogP contribution in [0, 0.1) is 6.92 Å². The molecule has 0 aliphatic rings. The average Bonchev–Trinajstić information content (AvgIpc) is 3.56. The van der Waals surface area contributed by atoms with Crippen LogP contribution in [0.5, 0.6) is 11.5 Å². The van der Waals surface area contributed by atoms with Crippen molar-refractivity contribution in [1.82, 2.24) is 14.5 Å². The van der Waals surface area contributed by atoms with E-state index < -0.39 is 6.29 Å². The summed E-state index contributed by atoms with van der Waals surface area (Å²) in [6.07, 6.45) is 8.84. The van der Waals surface area contributed by atoms with Crippen molar-refractivity contribution in [3.8, 4) is 22.8 Å². The summed E-state index contributed by atoms with van der Waals surface area (Å²) in [5.74, 6) is 1.45. The molecule has 8 nitrogen and oxygen atoms in total. The van der Waals surface area contributed by atoms with Crippen LogP contribution in [0.3, 0.4) is 0 Å². The monoisotopic (exact) mass is 505 g/mol. The molecule has 9 heteroatoms. The third-order valence-electron chi connectivity index (χ3n) is 5.67. The molecule has 0 spiro atoms. The van der Waals surface area contributed by atoms with Crippen LogP contribution in [0.25, 0.3) is 11.3 Å². The fourth-order valence-corrected chi connectivity index (χ4v) is 4.73. The van der Waals surface area contributed by atoms with Crippen LogP contribution in [0.15, 0.2) is 72.4 Å². The Morgan fingerprint density at radius 3 is 2.42 bits per heavy atom. The van der Waals surface area contributed by atoms with Crippen molar-refractivity contribution >= 4 is 17.2 Å². The number of nitrogens with zero attached hydrogens (tertiary/aromatic N) is 4. The topological polar surface area (TPSA) is 108 Å². The maximum absolute atomic E-state index is 8.84. The van der Waals surface area contributed by atoms with Gasteiger partial charge in [0.05, 0.1) is 17.0 Å². The third-order valence-corrected chi connectivity index (χ3v) is 6.71. The number of oxime groups is 1. The van der Waals surface area contributed by atoms with Gasteiger partial charge in [0.25, 0.3) is 0 Å². The minimum atomic E-state index is -0.433. The smallest absolute Gasteiger partial charge is 0.241 e. The summed E-state index contributed by atoms with van der Waals surface area (Å²) in [6, 6.07) is 15.1. The molecule has 0 bridgehead atoms. The van der Waals surface area contributed by atoms with E-state index in [0.717, 1.165) is 54.2 Å². The predicted molar refractivity (Wildman–Crippen MR) is 142 cm³/mol. The summed E-state index contributed by atoms with van der Waals surface area (Å²) in [7, 11) is 0. The summed E-state index contributed by atoms with van der Waals surface area (Å²) in [4.78, 5) is 10.2. The molecule has 0 aliphatic heterocycles. The summed E-state index contributed by atoms with van der Waals surface area (Å²) in [5, 5.41) is 12.9. The molecule has 2 heterocycles. The van der Waals surface area contributed by atoms with Crippen molar-refractivity contribution in [3.05, 3.63) is 82.7 Å². The molecule has 36 heavy (non-hydrogen) atoms. The molecule has 0 amide bonds. The molecule has 0 saturated heterocycles. The molecule has 0 saturated carbocycles. The zero-order valence-corrected chi connectivity index (χ0v) is 21.3. The minimum absolute atomic E-state index is 0.0561. The third kappa shape index (κ3) is 6.63. The van der Waals surface area contributed by atoms with Gasteiger partial charge in [-0.1, -0.05) is 18.5 Å². The van der Waals surface area contributed by atoms with Crippen LogP contribution in [0.1, 0.15) is 41.6 Å². The van der Waals surface area contributed by atoms with Gasteiger partial charge in [-0.2, -0.15) is 0 Å². The maximum Gasteiger partial charge on any atom is 0.241 e. The fourth-order valence-electron chi connectivity index (χ4n) is 3.78. The number of thiazole rings is 1. The zero-order chi connectivity index (χ0) is 25.3. The number of rotatable bonds is 12. The molecular weight excluding hydrogens is 474 g/mol. The summed E-state index contributed by atoms with van der Waals surface area (Å²) < 4.78 is 14.4. The number of amidine groups is 1. The normalized spacial score (nSPS) is 12.4. The number of hydrogen-bond acceptors (Lipinski definition) is 7. The van der Waals surface area contributed by atoms with Crippen LogP contribution in [-0.2, 0) is 13.0 Å². The second-order valence-electron chi connectivity index (χ2n) is 8.40. The van der Waals surface area contributed by atoms with Crippen molar-refractivity contribution in [2.75, 3.05) is 0 Å². The lowest BCUT2D eigenvalue weighted by atomic mass is 10.1. The van der Waals surface area contributed by atoms with Gasteiger partial charge in [-0.15, -0.1) is 11.3 Å². The lowest BCUT2D eigenvalue weighted by Gasteiger charge is -2.21. The highest BCUT2D eigenvalue weighted by atomic mass is 32.1. The minimum Gasteiger partial charge on any atom is -0.455 e. The maximum atomic E-state index is 8.84. The van der Waals surface area contributed by atoms with E-state index in [1.165, 1.54) is 4.88 Å². The van der Waals surface area contributed by atoms with E-state index in [-0.39, 0.29) is 5.84 Å². The van der Waals surface area contributed by atoms with Crippen LogP contribution in [0.2, 0.25) is 0 Å². The van der Waals surface area contributed by atoms with Gasteiger partial charge >= 0.3 is 0 Å². The molecule has 1 atom stereocenters. The molecule has 0 aliphatic carbocycles. The van der Waals surface area contributed by atoms with Gasteiger partial charge in [-0.25, -0.2) is 9.97 Å². The van der Waals surface area contributed by atoms with Gasteiger partial charge in [-0.3, -0.25) is 0 Å². The number of hydrogen-bond donors (Lipinski definition) is 2. The van der Waals surface area contributed by atoms with E-state index in [2.05, 4.69) is 21.6 Å². The lowest BCUT2D eigenvalue weighted by molar-refractivity contribution is -0.00211.